The highest BCUT2D eigenvalue weighted by Gasteiger charge is 2.33. The summed E-state index contributed by atoms with van der Waals surface area (Å²) in [6.07, 6.45) is -0.877. The van der Waals surface area contributed by atoms with Crippen molar-refractivity contribution in [2.75, 3.05) is 63.2 Å². The first kappa shape index (κ1) is 21.1. The zero-order chi connectivity index (χ0) is 21.1. The molecule has 29 heavy (non-hydrogen) atoms. The molecule has 2 heterocycles. The molecule has 1 aromatic rings. The summed E-state index contributed by atoms with van der Waals surface area (Å²) in [5.41, 5.74) is 0.926. The lowest BCUT2D eigenvalue weighted by Crippen LogP contribution is -2.48. The van der Waals surface area contributed by atoms with E-state index < -0.39 is 11.9 Å². The third-order valence-electron chi connectivity index (χ3n) is 5.07. The molecule has 2 saturated heterocycles. The molecule has 0 saturated carbocycles. The predicted molar refractivity (Wildman–Crippen MR) is 113 cm³/mol. The third-order valence-corrected chi connectivity index (χ3v) is 5.58. The Labute approximate surface area is 175 Å². The maximum absolute atomic E-state index is 14.8. The van der Waals surface area contributed by atoms with Crippen LogP contribution in [0.5, 0.6) is 0 Å². The van der Waals surface area contributed by atoms with Gasteiger partial charge in [-0.05, 0) is 30.4 Å². The van der Waals surface area contributed by atoms with Gasteiger partial charge < -0.3 is 24.8 Å². The van der Waals surface area contributed by atoms with Crippen LogP contribution in [0.3, 0.4) is 0 Å². The highest BCUT2D eigenvalue weighted by molar-refractivity contribution is 7.80. The second-order valence-corrected chi connectivity index (χ2v) is 7.71. The Kier molecular flexibility index (Phi) is 6.41. The van der Waals surface area contributed by atoms with E-state index >= 15 is 0 Å². The zero-order valence-electron chi connectivity index (χ0n) is 16.9. The number of nitrogens with zero attached hydrogens (tertiary/aromatic N) is 4. The Hall–Kier alpha value is -2.62. The van der Waals surface area contributed by atoms with E-state index in [1.807, 2.05) is 19.0 Å². The number of rotatable bonds is 4. The van der Waals surface area contributed by atoms with Crippen LogP contribution >= 0.6 is 12.2 Å². The quantitative estimate of drug-likeness (QED) is 0.731. The number of thiocarbonyl (C=S) groups is 1. The monoisotopic (exact) mass is 423 g/mol. The lowest BCUT2D eigenvalue weighted by atomic mass is 10.2. The minimum atomic E-state index is -0.505. The molecule has 0 radical (unpaired) electrons. The molecule has 3 rings (SSSR count). The molecule has 158 valence electrons. The fourth-order valence-corrected chi connectivity index (χ4v) is 3.46. The number of carbonyl (C=O) groups is 2. The van der Waals surface area contributed by atoms with Crippen LogP contribution in [0.25, 0.3) is 0 Å². The number of ether oxygens (including phenoxy) is 1. The van der Waals surface area contributed by atoms with Gasteiger partial charge in [0.25, 0.3) is 0 Å². The van der Waals surface area contributed by atoms with E-state index in [4.69, 9.17) is 17.0 Å². The van der Waals surface area contributed by atoms with Gasteiger partial charge in [0.15, 0.2) is 5.11 Å². The number of carbonyl (C=O) groups excluding carboxylic acids is 2. The maximum Gasteiger partial charge on any atom is 0.414 e. The number of anilines is 2. The van der Waals surface area contributed by atoms with E-state index in [0.29, 0.717) is 55.8 Å². The minimum Gasteiger partial charge on any atom is -0.442 e. The van der Waals surface area contributed by atoms with Gasteiger partial charge in [0, 0.05) is 47.2 Å². The van der Waals surface area contributed by atoms with Gasteiger partial charge in [-0.25, -0.2) is 9.18 Å². The first-order chi connectivity index (χ1) is 13.8. The molecule has 8 nitrogen and oxygen atoms in total. The minimum absolute atomic E-state index is 0.0309. The molecular weight excluding hydrogens is 397 g/mol. The number of hydrogen-bond acceptors (Lipinski definition) is 5. The summed E-state index contributed by atoms with van der Waals surface area (Å²) in [5, 5.41) is 3.59. The number of piperazine rings is 1. The number of nitrogens with one attached hydrogen (secondary N) is 1. The third kappa shape index (κ3) is 4.87. The van der Waals surface area contributed by atoms with E-state index in [0.717, 1.165) is 0 Å². The first-order valence-electron chi connectivity index (χ1n) is 9.49. The molecule has 0 bridgehead atoms. The molecule has 1 atom stereocenters. The predicted octanol–water partition coefficient (Wildman–Crippen LogP) is 1.26. The van der Waals surface area contributed by atoms with Crippen molar-refractivity contribution in [3.05, 3.63) is 24.0 Å². The van der Waals surface area contributed by atoms with Gasteiger partial charge in [0.2, 0.25) is 5.91 Å². The van der Waals surface area contributed by atoms with Crippen molar-refractivity contribution in [2.24, 2.45) is 0 Å². The Morgan fingerprint density at radius 3 is 2.59 bits per heavy atom. The average molecular weight is 424 g/mol. The summed E-state index contributed by atoms with van der Waals surface area (Å²) in [4.78, 5) is 30.5. The van der Waals surface area contributed by atoms with E-state index in [2.05, 4.69) is 5.32 Å². The van der Waals surface area contributed by atoms with Gasteiger partial charge in [0.1, 0.15) is 11.9 Å². The molecule has 2 aliphatic heterocycles. The van der Waals surface area contributed by atoms with Crippen LogP contribution in [-0.2, 0) is 9.53 Å². The summed E-state index contributed by atoms with van der Waals surface area (Å²) in [5.74, 6) is -0.370. The number of amides is 2. The van der Waals surface area contributed by atoms with Gasteiger partial charge in [-0.15, -0.1) is 0 Å². The molecule has 2 aliphatic rings. The van der Waals surface area contributed by atoms with Crippen LogP contribution in [0.2, 0.25) is 0 Å². The summed E-state index contributed by atoms with van der Waals surface area (Å²) >= 11 is 5.16. The van der Waals surface area contributed by atoms with Crippen LogP contribution < -0.4 is 15.1 Å². The van der Waals surface area contributed by atoms with Crippen LogP contribution in [-0.4, -0.2) is 86.4 Å². The molecule has 0 aliphatic carbocycles. The van der Waals surface area contributed by atoms with Crippen LogP contribution in [0.4, 0.5) is 20.6 Å². The molecule has 1 unspecified atom stereocenters. The van der Waals surface area contributed by atoms with E-state index in [1.165, 1.54) is 17.9 Å². The molecule has 2 amide bonds. The topological polar surface area (TPSA) is 68.4 Å². The summed E-state index contributed by atoms with van der Waals surface area (Å²) in [6.45, 7) is 4.52. The summed E-state index contributed by atoms with van der Waals surface area (Å²) in [7, 11) is 3.65. The van der Waals surface area contributed by atoms with E-state index in [-0.39, 0.29) is 12.0 Å². The normalized spacial score (nSPS) is 19.2. The SMILES string of the molecule is CC(=O)N1CCN(c2ccc(N3CC(CNC(=S)N(C)C)OC3=O)cc2F)CC1. The van der Waals surface area contributed by atoms with Crippen LogP contribution in [0.15, 0.2) is 18.2 Å². The highest BCUT2D eigenvalue weighted by atomic mass is 32.1. The Morgan fingerprint density at radius 2 is 2.00 bits per heavy atom. The lowest BCUT2D eigenvalue weighted by Gasteiger charge is -2.35. The van der Waals surface area contributed by atoms with Gasteiger partial charge >= 0.3 is 6.09 Å². The van der Waals surface area contributed by atoms with Crippen molar-refractivity contribution < 1.29 is 18.7 Å². The molecule has 0 spiro atoms. The van der Waals surface area contributed by atoms with Crippen LogP contribution in [0.1, 0.15) is 6.92 Å². The number of halogens is 1. The molecule has 1 aromatic carbocycles. The van der Waals surface area contributed by atoms with E-state index in [9.17, 15) is 14.0 Å². The van der Waals surface area contributed by atoms with Crippen molar-refractivity contribution in [1.82, 2.24) is 15.1 Å². The van der Waals surface area contributed by atoms with Crippen molar-refractivity contribution in [1.29, 1.82) is 0 Å². The van der Waals surface area contributed by atoms with Crippen molar-refractivity contribution in [2.45, 2.75) is 13.0 Å². The van der Waals surface area contributed by atoms with Gasteiger partial charge in [-0.2, -0.15) is 0 Å². The van der Waals surface area contributed by atoms with Gasteiger partial charge in [-0.1, -0.05) is 0 Å². The number of hydrogen-bond donors (Lipinski definition) is 1. The van der Waals surface area contributed by atoms with Crippen molar-refractivity contribution in [3.63, 3.8) is 0 Å². The van der Waals surface area contributed by atoms with Crippen LogP contribution in [0, 0.1) is 5.82 Å². The van der Waals surface area contributed by atoms with Gasteiger partial charge in [0.05, 0.1) is 24.5 Å². The average Bonchev–Trinajstić information content (AvgIpc) is 3.06. The second kappa shape index (κ2) is 8.81. The van der Waals surface area contributed by atoms with E-state index in [1.54, 1.807) is 21.9 Å². The second-order valence-electron chi connectivity index (χ2n) is 7.33. The maximum atomic E-state index is 14.8. The zero-order valence-corrected chi connectivity index (χ0v) is 17.7. The highest BCUT2D eigenvalue weighted by Crippen LogP contribution is 2.28. The molecule has 0 aromatic heterocycles. The Bertz CT molecular complexity index is 798. The number of benzene rings is 1. The molecule has 10 heteroatoms. The number of cyclic esters (lactones) is 1. The lowest BCUT2D eigenvalue weighted by molar-refractivity contribution is -0.129. The molecular formula is C19H26FN5O3S. The Morgan fingerprint density at radius 1 is 1.31 bits per heavy atom. The van der Waals surface area contributed by atoms with Gasteiger partial charge in [-0.3, -0.25) is 9.69 Å². The van der Waals surface area contributed by atoms with Crippen molar-refractivity contribution >= 4 is 40.7 Å². The Balaban J connectivity index is 1.62. The summed E-state index contributed by atoms with van der Waals surface area (Å²) < 4.78 is 20.1. The summed E-state index contributed by atoms with van der Waals surface area (Å²) in [6, 6.07) is 4.75. The first-order valence-corrected chi connectivity index (χ1v) is 9.90. The molecule has 1 N–H and O–H groups in total. The van der Waals surface area contributed by atoms with Crippen molar-refractivity contribution in [3.8, 4) is 0 Å². The molecule has 2 fully saturated rings. The standard InChI is InChI=1S/C19H26FN5O3S/c1-13(26)23-6-8-24(9-7-23)17-5-4-14(10-16(17)20)25-12-15(28-19(25)27)11-21-18(29)22(2)3/h4-5,10,15H,6-9,11-12H2,1-3H3,(H,21,29). The fraction of sp³-hybridized carbons (Fsp3) is 0.526. The fourth-order valence-electron chi connectivity index (χ4n) is 3.38. The smallest absolute Gasteiger partial charge is 0.414 e. The largest absolute Gasteiger partial charge is 0.442 e.